The van der Waals surface area contributed by atoms with Gasteiger partial charge in [0, 0.05) is 18.0 Å². The van der Waals surface area contributed by atoms with Crippen LogP contribution >= 0.6 is 23.7 Å². The van der Waals surface area contributed by atoms with Gasteiger partial charge in [-0.15, -0.1) is 11.8 Å². The summed E-state index contributed by atoms with van der Waals surface area (Å²) < 4.78 is 7.03. The lowest BCUT2D eigenvalue weighted by Crippen LogP contribution is -2.40. The second kappa shape index (κ2) is 7.51. The Balaban J connectivity index is 1.87. The molecular weight excluding hydrogens is 372 g/mol. The topological polar surface area (TPSA) is 70.1 Å². The number of nitrogens with zero attached hydrogens (tertiary/aromatic N) is 2. The number of anilines is 2. The Labute approximate surface area is 160 Å². The maximum atomic E-state index is 12.8. The molecule has 1 N–H and O–H groups in total. The smallest absolute Gasteiger partial charge is 0.344 e. The van der Waals surface area contributed by atoms with Crippen molar-refractivity contribution in [2.24, 2.45) is 0 Å². The summed E-state index contributed by atoms with van der Waals surface area (Å²) >= 11 is 2.98. The molecule has 0 saturated heterocycles. The van der Waals surface area contributed by atoms with Gasteiger partial charge in [0.2, 0.25) is 0 Å². The number of carboxylic acids is 1. The van der Waals surface area contributed by atoms with Crippen LogP contribution in [-0.4, -0.2) is 36.5 Å². The molecule has 2 aromatic carbocycles. The lowest BCUT2D eigenvalue weighted by atomic mass is 10.2. The predicted molar refractivity (Wildman–Crippen MR) is 105 cm³/mol. The molecule has 8 heteroatoms. The summed E-state index contributed by atoms with van der Waals surface area (Å²) in [5.74, 6) is -0.627. The van der Waals surface area contributed by atoms with Crippen molar-refractivity contribution in [2.75, 3.05) is 22.5 Å². The Morgan fingerprint density at radius 3 is 2.54 bits per heavy atom. The SMILES string of the molecule is CSc1ccc(N2Sc3ccc(OC(C)C(=O)O)cc3N(C)C2=O)cc1. The minimum absolute atomic E-state index is 0.178. The van der Waals surface area contributed by atoms with Crippen molar-refractivity contribution in [3.8, 4) is 5.75 Å². The summed E-state index contributed by atoms with van der Waals surface area (Å²) in [5.41, 5.74) is 1.49. The highest BCUT2D eigenvalue weighted by Crippen LogP contribution is 2.42. The van der Waals surface area contributed by atoms with Crippen molar-refractivity contribution >= 4 is 47.1 Å². The molecule has 26 heavy (non-hydrogen) atoms. The van der Waals surface area contributed by atoms with Crippen LogP contribution in [0.4, 0.5) is 16.2 Å². The number of rotatable bonds is 5. The van der Waals surface area contributed by atoms with Gasteiger partial charge in [-0.05, 0) is 61.5 Å². The van der Waals surface area contributed by atoms with Gasteiger partial charge in [-0.3, -0.25) is 4.90 Å². The molecule has 2 amide bonds. The molecular formula is C18H18N2O4S2. The van der Waals surface area contributed by atoms with E-state index in [0.717, 1.165) is 15.5 Å². The number of aliphatic carboxylic acids is 1. The van der Waals surface area contributed by atoms with Gasteiger partial charge in [-0.1, -0.05) is 0 Å². The van der Waals surface area contributed by atoms with E-state index in [0.29, 0.717) is 11.4 Å². The molecule has 3 rings (SSSR count). The van der Waals surface area contributed by atoms with Gasteiger partial charge >= 0.3 is 12.0 Å². The summed E-state index contributed by atoms with van der Waals surface area (Å²) in [5, 5.41) is 8.97. The van der Waals surface area contributed by atoms with Crippen LogP contribution in [0.15, 0.2) is 52.3 Å². The van der Waals surface area contributed by atoms with Crippen LogP contribution in [0.5, 0.6) is 5.75 Å². The lowest BCUT2D eigenvalue weighted by molar-refractivity contribution is -0.144. The minimum Gasteiger partial charge on any atom is -0.479 e. The highest BCUT2D eigenvalue weighted by atomic mass is 32.2. The quantitative estimate of drug-likeness (QED) is 0.605. The first-order chi connectivity index (χ1) is 12.4. The van der Waals surface area contributed by atoms with Crippen LogP contribution in [0.2, 0.25) is 0 Å². The second-order valence-corrected chi connectivity index (χ2v) is 7.52. The van der Waals surface area contributed by atoms with E-state index in [-0.39, 0.29) is 6.03 Å². The Kier molecular flexibility index (Phi) is 5.33. The molecule has 0 aromatic heterocycles. The van der Waals surface area contributed by atoms with Crippen LogP contribution in [0.3, 0.4) is 0 Å². The first-order valence-electron chi connectivity index (χ1n) is 7.84. The molecule has 0 bridgehead atoms. The van der Waals surface area contributed by atoms with Crippen molar-refractivity contribution in [1.82, 2.24) is 0 Å². The van der Waals surface area contributed by atoms with Crippen molar-refractivity contribution < 1.29 is 19.4 Å². The lowest BCUT2D eigenvalue weighted by Gasteiger charge is -2.34. The Bertz CT molecular complexity index is 842. The van der Waals surface area contributed by atoms with E-state index >= 15 is 0 Å². The number of fused-ring (bicyclic) bond motifs is 1. The van der Waals surface area contributed by atoms with E-state index in [9.17, 15) is 9.59 Å². The number of carbonyl (C=O) groups is 2. The van der Waals surface area contributed by atoms with Crippen LogP contribution < -0.4 is 13.9 Å². The number of ether oxygens (including phenoxy) is 1. The van der Waals surface area contributed by atoms with E-state index in [1.807, 2.05) is 36.6 Å². The van der Waals surface area contributed by atoms with E-state index < -0.39 is 12.1 Å². The first kappa shape index (κ1) is 18.5. The fourth-order valence-corrected chi connectivity index (χ4v) is 3.87. The molecule has 2 aromatic rings. The molecule has 1 aliphatic rings. The van der Waals surface area contributed by atoms with Gasteiger partial charge in [-0.2, -0.15) is 0 Å². The predicted octanol–water partition coefficient (Wildman–Crippen LogP) is 4.34. The van der Waals surface area contributed by atoms with Crippen molar-refractivity contribution in [2.45, 2.75) is 22.8 Å². The number of hydrogen-bond donors (Lipinski definition) is 1. The molecule has 1 heterocycles. The van der Waals surface area contributed by atoms with Crippen molar-refractivity contribution in [1.29, 1.82) is 0 Å². The molecule has 1 unspecified atom stereocenters. The van der Waals surface area contributed by atoms with Crippen LogP contribution in [0, 0.1) is 0 Å². The monoisotopic (exact) mass is 390 g/mol. The van der Waals surface area contributed by atoms with Gasteiger partial charge in [0.15, 0.2) is 6.10 Å². The summed E-state index contributed by atoms with van der Waals surface area (Å²) in [6, 6.07) is 12.8. The van der Waals surface area contributed by atoms with Gasteiger partial charge in [0.1, 0.15) is 5.75 Å². The molecule has 0 saturated carbocycles. The number of carboxylic acid groups (broad SMARTS) is 1. The maximum absolute atomic E-state index is 12.8. The Hall–Kier alpha value is -2.32. The normalized spacial score (nSPS) is 14.8. The third-order valence-electron chi connectivity index (χ3n) is 3.91. The Morgan fingerprint density at radius 1 is 1.23 bits per heavy atom. The zero-order chi connectivity index (χ0) is 18.8. The fourth-order valence-electron chi connectivity index (χ4n) is 2.42. The van der Waals surface area contributed by atoms with Gasteiger partial charge < -0.3 is 9.84 Å². The van der Waals surface area contributed by atoms with E-state index in [1.165, 1.54) is 23.8 Å². The molecule has 1 aliphatic heterocycles. The summed E-state index contributed by atoms with van der Waals surface area (Å²) in [6.07, 6.45) is 1.04. The third kappa shape index (κ3) is 3.61. The average molecular weight is 390 g/mol. The molecule has 0 radical (unpaired) electrons. The summed E-state index contributed by atoms with van der Waals surface area (Å²) in [4.78, 5) is 27.3. The number of amides is 2. The van der Waals surface area contributed by atoms with Gasteiger partial charge in [0.25, 0.3) is 0 Å². The summed E-state index contributed by atoms with van der Waals surface area (Å²) in [7, 11) is 1.69. The third-order valence-corrected chi connectivity index (χ3v) is 5.74. The number of thioether (sulfide) groups is 1. The zero-order valence-corrected chi connectivity index (χ0v) is 16.1. The van der Waals surface area contributed by atoms with E-state index in [2.05, 4.69) is 0 Å². The molecule has 0 fully saturated rings. The molecule has 0 spiro atoms. The Morgan fingerprint density at radius 2 is 1.92 bits per heavy atom. The minimum atomic E-state index is -1.04. The number of hydrogen-bond acceptors (Lipinski definition) is 5. The molecule has 1 atom stereocenters. The van der Waals surface area contributed by atoms with Crippen molar-refractivity contribution in [3.63, 3.8) is 0 Å². The summed E-state index contributed by atoms with van der Waals surface area (Å²) in [6.45, 7) is 1.46. The highest BCUT2D eigenvalue weighted by Gasteiger charge is 2.30. The molecule has 0 aliphatic carbocycles. The fraction of sp³-hybridized carbons (Fsp3) is 0.222. The first-order valence-corrected chi connectivity index (χ1v) is 9.84. The maximum Gasteiger partial charge on any atom is 0.344 e. The van der Waals surface area contributed by atoms with Crippen molar-refractivity contribution in [3.05, 3.63) is 42.5 Å². The van der Waals surface area contributed by atoms with Gasteiger partial charge in [0.05, 0.1) is 16.3 Å². The van der Waals surface area contributed by atoms with Crippen LogP contribution in [-0.2, 0) is 4.79 Å². The van der Waals surface area contributed by atoms with E-state index in [4.69, 9.17) is 9.84 Å². The van der Waals surface area contributed by atoms with Crippen LogP contribution in [0.25, 0.3) is 0 Å². The number of urea groups is 1. The zero-order valence-electron chi connectivity index (χ0n) is 14.5. The van der Waals surface area contributed by atoms with Crippen LogP contribution in [0.1, 0.15) is 6.92 Å². The standard InChI is InChI=1S/C18H18N2O4S2/c1-11(17(21)22)24-13-6-9-16-15(10-13)19(2)18(23)20(26-16)12-4-7-14(25-3)8-5-12/h4-11H,1-3H3,(H,21,22). The molecule has 6 nitrogen and oxygen atoms in total. The highest BCUT2D eigenvalue weighted by molar-refractivity contribution is 8.01. The van der Waals surface area contributed by atoms with Gasteiger partial charge in [-0.25, -0.2) is 13.9 Å². The average Bonchev–Trinajstić information content (AvgIpc) is 2.65. The number of benzene rings is 2. The second-order valence-electron chi connectivity index (χ2n) is 5.65. The largest absolute Gasteiger partial charge is 0.479 e. The van der Waals surface area contributed by atoms with E-state index in [1.54, 1.807) is 35.2 Å². The number of carbonyl (C=O) groups excluding carboxylic acids is 1. The molecule has 136 valence electrons.